The molecule has 0 saturated carbocycles. The minimum atomic E-state index is 1.09. The molecule has 0 aliphatic carbocycles. The van der Waals surface area contributed by atoms with Crippen LogP contribution in [0.25, 0.3) is 20.3 Å². The Kier molecular flexibility index (Phi) is 9.63. The second kappa shape index (κ2) is 10.4. The number of rotatable bonds is 0. The molecule has 104 valence electrons. The molecule has 0 unspecified atom stereocenters. The Balaban J connectivity index is 0.000000482. The van der Waals surface area contributed by atoms with Gasteiger partial charge in [-0.15, -0.1) is 11.3 Å². The lowest BCUT2D eigenvalue weighted by Crippen LogP contribution is -1.69. The van der Waals surface area contributed by atoms with Crippen LogP contribution < -0.4 is 0 Å². The van der Waals surface area contributed by atoms with Gasteiger partial charge in [-0.3, -0.25) is 4.98 Å². The minimum absolute atomic E-state index is 1.09. The van der Waals surface area contributed by atoms with Crippen molar-refractivity contribution in [3.8, 4) is 0 Å². The fourth-order valence-corrected chi connectivity index (χ4v) is 2.48. The second-order valence-corrected chi connectivity index (χ2v) is 3.86. The van der Waals surface area contributed by atoms with Crippen LogP contribution in [0.5, 0.6) is 0 Å². The molecule has 3 aromatic rings. The first kappa shape index (κ1) is 17.5. The summed E-state index contributed by atoms with van der Waals surface area (Å²) in [6.07, 6.45) is 5.54. The largest absolute Gasteiger partial charge is 0.263 e. The monoisotopic (exact) mass is 276 g/mol. The fraction of sp³-hybridized carbons (Fsp3) is 0.375. The first-order valence-electron chi connectivity index (χ1n) is 7.02. The highest BCUT2D eigenvalue weighted by atomic mass is 32.1. The number of fused-ring (bicyclic) bond motifs is 3. The summed E-state index contributed by atoms with van der Waals surface area (Å²) in [6.45, 7) is 12.0. The Morgan fingerprint density at radius 1 is 0.842 bits per heavy atom. The van der Waals surface area contributed by atoms with Crippen LogP contribution in [0.3, 0.4) is 0 Å². The van der Waals surface area contributed by atoms with Crippen molar-refractivity contribution in [3.63, 3.8) is 0 Å². The molecule has 3 rings (SSSR count). The van der Waals surface area contributed by atoms with Gasteiger partial charge in [0, 0.05) is 29.4 Å². The van der Waals surface area contributed by atoms with Gasteiger partial charge in [-0.25, -0.2) is 4.98 Å². The maximum Gasteiger partial charge on any atom is 0.124 e. The van der Waals surface area contributed by atoms with Crippen molar-refractivity contribution < 1.29 is 0 Å². The number of aromatic nitrogens is 2. The molecule has 3 aromatic heterocycles. The molecule has 0 fully saturated rings. The van der Waals surface area contributed by atoms with Crippen molar-refractivity contribution >= 4 is 31.6 Å². The van der Waals surface area contributed by atoms with E-state index in [1.165, 1.54) is 15.5 Å². The Bertz CT molecular complexity index is 523. The predicted octanol–water partition coefficient (Wildman–Crippen LogP) is 5.92. The normalized spacial score (nSPS) is 8.53. The number of hydrogen-bond donors (Lipinski definition) is 0. The van der Waals surface area contributed by atoms with Crippen molar-refractivity contribution in [2.45, 2.75) is 41.5 Å². The van der Waals surface area contributed by atoms with Gasteiger partial charge in [0.05, 0.1) is 4.70 Å². The third-order valence-corrected chi connectivity index (χ3v) is 3.12. The summed E-state index contributed by atoms with van der Waals surface area (Å²) in [5, 5.41) is 2.48. The fourth-order valence-electron chi connectivity index (χ4n) is 1.47. The summed E-state index contributed by atoms with van der Waals surface area (Å²) >= 11 is 1.69. The van der Waals surface area contributed by atoms with Crippen LogP contribution >= 0.6 is 11.3 Å². The van der Waals surface area contributed by atoms with Crippen LogP contribution in [-0.4, -0.2) is 9.97 Å². The lowest BCUT2D eigenvalue weighted by Gasteiger charge is -1.87. The highest BCUT2D eigenvalue weighted by molar-refractivity contribution is 7.25. The van der Waals surface area contributed by atoms with Gasteiger partial charge in [0.1, 0.15) is 4.83 Å². The van der Waals surface area contributed by atoms with Crippen molar-refractivity contribution in [2.75, 3.05) is 0 Å². The SMILES string of the molecule is CC.CC.CC.c1cnc2sc3cnccc3c2c1. The average molecular weight is 276 g/mol. The molecule has 2 nitrogen and oxygen atoms in total. The van der Waals surface area contributed by atoms with E-state index >= 15 is 0 Å². The number of pyridine rings is 2. The molecule has 0 aliphatic rings. The Morgan fingerprint density at radius 2 is 1.53 bits per heavy atom. The topological polar surface area (TPSA) is 25.8 Å². The first-order chi connectivity index (χ1) is 9.45. The lowest BCUT2D eigenvalue weighted by atomic mass is 10.2. The number of hydrogen-bond acceptors (Lipinski definition) is 3. The third kappa shape index (κ3) is 4.28. The molecule has 0 aromatic carbocycles. The van der Waals surface area contributed by atoms with E-state index in [2.05, 4.69) is 16.0 Å². The average Bonchev–Trinajstić information content (AvgIpc) is 2.92. The standard InChI is InChI=1S/C10H6N2S.3C2H6/c1-2-8-7-3-5-11-6-9(7)13-10(8)12-4-1;3*1-2/h1-6H;3*1-2H3. The van der Waals surface area contributed by atoms with Gasteiger partial charge in [0.15, 0.2) is 0 Å². The zero-order chi connectivity index (χ0) is 14.7. The van der Waals surface area contributed by atoms with Gasteiger partial charge < -0.3 is 0 Å². The van der Waals surface area contributed by atoms with Crippen LogP contribution in [0.1, 0.15) is 41.5 Å². The number of thiophene rings is 1. The third-order valence-electron chi connectivity index (χ3n) is 2.05. The molecule has 0 saturated heterocycles. The molecule has 0 atom stereocenters. The Hall–Kier alpha value is -1.48. The van der Waals surface area contributed by atoms with Crippen LogP contribution in [-0.2, 0) is 0 Å². The smallest absolute Gasteiger partial charge is 0.124 e. The lowest BCUT2D eigenvalue weighted by molar-refractivity contribution is 1.37. The van der Waals surface area contributed by atoms with E-state index in [0.717, 1.165) is 4.83 Å². The molecule has 19 heavy (non-hydrogen) atoms. The van der Waals surface area contributed by atoms with E-state index in [-0.39, 0.29) is 0 Å². The quantitative estimate of drug-likeness (QED) is 0.509. The molecule has 3 heterocycles. The molecule has 0 amide bonds. The Labute approximate surface area is 120 Å². The zero-order valence-corrected chi connectivity index (χ0v) is 13.6. The Morgan fingerprint density at radius 3 is 2.21 bits per heavy atom. The van der Waals surface area contributed by atoms with Crippen molar-refractivity contribution in [1.82, 2.24) is 9.97 Å². The van der Waals surface area contributed by atoms with Crippen LogP contribution in [0, 0.1) is 0 Å². The summed E-state index contributed by atoms with van der Waals surface area (Å²) in [5.41, 5.74) is 0. The second-order valence-electron chi connectivity index (χ2n) is 2.83. The molecule has 0 N–H and O–H groups in total. The van der Waals surface area contributed by atoms with Gasteiger partial charge in [0.25, 0.3) is 0 Å². The highest BCUT2D eigenvalue weighted by Gasteiger charge is 2.03. The van der Waals surface area contributed by atoms with E-state index in [4.69, 9.17) is 0 Å². The van der Waals surface area contributed by atoms with Gasteiger partial charge in [-0.2, -0.15) is 0 Å². The van der Waals surface area contributed by atoms with Crippen LogP contribution in [0.15, 0.2) is 36.8 Å². The summed E-state index contributed by atoms with van der Waals surface area (Å²) in [6, 6.07) is 6.10. The maximum absolute atomic E-state index is 4.31. The molecule has 0 bridgehead atoms. The molecular formula is C16H24N2S. The maximum atomic E-state index is 4.31. The van der Waals surface area contributed by atoms with Crippen LogP contribution in [0.2, 0.25) is 0 Å². The van der Waals surface area contributed by atoms with Gasteiger partial charge in [-0.05, 0) is 18.2 Å². The predicted molar refractivity (Wildman–Crippen MR) is 89.0 cm³/mol. The van der Waals surface area contributed by atoms with Crippen molar-refractivity contribution in [2.24, 2.45) is 0 Å². The number of nitrogens with zero attached hydrogens (tertiary/aromatic N) is 2. The summed E-state index contributed by atoms with van der Waals surface area (Å²) in [4.78, 5) is 9.49. The molecule has 3 heteroatoms. The van der Waals surface area contributed by atoms with Gasteiger partial charge in [0.2, 0.25) is 0 Å². The highest BCUT2D eigenvalue weighted by Crippen LogP contribution is 2.30. The van der Waals surface area contributed by atoms with Crippen molar-refractivity contribution in [3.05, 3.63) is 36.8 Å². The van der Waals surface area contributed by atoms with Crippen LogP contribution in [0.4, 0.5) is 0 Å². The van der Waals surface area contributed by atoms with E-state index in [0.29, 0.717) is 0 Å². The van der Waals surface area contributed by atoms with E-state index in [1.54, 1.807) is 11.3 Å². The van der Waals surface area contributed by atoms with E-state index in [1.807, 2.05) is 72.3 Å². The summed E-state index contributed by atoms with van der Waals surface area (Å²) in [5.74, 6) is 0. The first-order valence-corrected chi connectivity index (χ1v) is 7.84. The molecule has 0 radical (unpaired) electrons. The molecule has 0 aliphatic heterocycles. The molecule has 0 spiro atoms. The molecular weight excluding hydrogens is 252 g/mol. The zero-order valence-electron chi connectivity index (χ0n) is 12.8. The summed E-state index contributed by atoms with van der Waals surface area (Å²) in [7, 11) is 0. The van der Waals surface area contributed by atoms with Gasteiger partial charge >= 0.3 is 0 Å². The van der Waals surface area contributed by atoms with E-state index in [9.17, 15) is 0 Å². The van der Waals surface area contributed by atoms with E-state index < -0.39 is 0 Å². The minimum Gasteiger partial charge on any atom is -0.263 e. The van der Waals surface area contributed by atoms with Gasteiger partial charge in [-0.1, -0.05) is 41.5 Å². The van der Waals surface area contributed by atoms with Crippen molar-refractivity contribution in [1.29, 1.82) is 0 Å². The summed E-state index contributed by atoms with van der Waals surface area (Å²) < 4.78 is 1.20.